The smallest absolute Gasteiger partial charge is 0.239 e. The molecule has 3 nitrogen and oxygen atoms in total. The fourth-order valence-corrected chi connectivity index (χ4v) is 2.00. The summed E-state index contributed by atoms with van der Waals surface area (Å²) in [6.45, 7) is 3.79. The highest BCUT2D eigenvalue weighted by atomic mass is 19.2. The maximum atomic E-state index is 13.2. The van der Waals surface area contributed by atoms with Gasteiger partial charge in [-0.25, -0.2) is 8.78 Å². The van der Waals surface area contributed by atoms with Crippen LogP contribution in [0.4, 0.5) is 8.78 Å². The molecule has 0 fully saturated rings. The molecule has 0 aliphatic heterocycles. The number of amides is 1. The molecule has 0 aliphatic rings. The number of nitrogens with zero attached hydrogens (tertiary/aromatic N) is 1. The van der Waals surface area contributed by atoms with E-state index in [1.807, 2.05) is 6.92 Å². The summed E-state index contributed by atoms with van der Waals surface area (Å²) in [6, 6.07) is 2.75. The number of carbonyl (C=O) groups excluding carboxylic acids is 1. The highest BCUT2D eigenvalue weighted by molar-refractivity contribution is 5.81. The quantitative estimate of drug-likeness (QED) is 0.873. The number of benzene rings is 1. The first-order valence-corrected chi connectivity index (χ1v) is 6.85. The Morgan fingerprint density at radius 2 is 2.00 bits per heavy atom. The van der Waals surface area contributed by atoms with Crippen molar-refractivity contribution in [2.45, 2.75) is 45.2 Å². The minimum atomic E-state index is -0.912. The minimum absolute atomic E-state index is 0.185. The summed E-state index contributed by atoms with van der Waals surface area (Å²) in [6.07, 6.45) is 2.49. The Morgan fingerprint density at radius 1 is 1.35 bits per heavy atom. The van der Waals surface area contributed by atoms with Crippen molar-refractivity contribution in [3.05, 3.63) is 35.4 Å². The molecule has 2 N–H and O–H groups in total. The van der Waals surface area contributed by atoms with Gasteiger partial charge in [-0.2, -0.15) is 0 Å². The maximum Gasteiger partial charge on any atom is 0.239 e. The van der Waals surface area contributed by atoms with Gasteiger partial charge in [0, 0.05) is 7.05 Å². The molecule has 2 atom stereocenters. The Morgan fingerprint density at radius 3 is 2.55 bits per heavy atom. The predicted molar refractivity (Wildman–Crippen MR) is 75.0 cm³/mol. The number of halogens is 2. The van der Waals surface area contributed by atoms with Gasteiger partial charge in [-0.3, -0.25) is 4.79 Å². The van der Waals surface area contributed by atoms with Crippen molar-refractivity contribution in [3.63, 3.8) is 0 Å². The zero-order valence-corrected chi connectivity index (χ0v) is 12.2. The van der Waals surface area contributed by atoms with E-state index in [0.29, 0.717) is 12.0 Å². The van der Waals surface area contributed by atoms with Crippen molar-refractivity contribution in [3.8, 4) is 0 Å². The summed E-state index contributed by atoms with van der Waals surface area (Å²) in [5, 5.41) is 0. The van der Waals surface area contributed by atoms with Crippen molar-refractivity contribution in [2.75, 3.05) is 7.05 Å². The van der Waals surface area contributed by atoms with Gasteiger partial charge < -0.3 is 10.6 Å². The molecule has 0 saturated carbocycles. The Hall–Kier alpha value is -1.49. The second-order valence-electron chi connectivity index (χ2n) is 5.05. The molecule has 0 aromatic heterocycles. The molecule has 1 aromatic carbocycles. The first kappa shape index (κ1) is 16.6. The van der Waals surface area contributed by atoms with Gasteiger partial charge in [-0.05, 0) is 31.0 Å². The number of unbranched alkanes of at least 4 members (excludes halogenated alkanes) is 1. The first-order chi connectivity index (χ1) is 9.38. The van der Waals surface area contributed by atoms with E-state index in [1.165, 1.54) is 11.0 Å². The van der Waals surface area contributed by atoms with Crippen LogP contribution in [-0.4, -0.2) is 23.9 Å². The lowest BCUT2D eigenvalue weighted by Crippen LogP contribution is -2.42. The zero-order chi connectivity index (χ0) is 15.3. The van der Waals surface area contributed by atoms with Gasteiger partial charge in [0.1, 0.15) is 0 Å². The Bertz CT molecular complexity index is 465. The molecule has 2 unspecified atom stereocenters. The number of likely N-dealkylation sites (N-methyl/N-ethyl adjacent to an activating group) is 1. The Kier molecular flexibility index (Phi) is 6.07. The van der Waals surface area contributed by atoms with E-state index >= 15 is 0 Å². The van der Waals surface area contributed by atoms with E-state index in [4.69, 9.17) is 5.73 Å². The van der Waals surface area contributed by atoms with E-state index in [0.717, 1.165) is 25.0 Å². The van der Waals surface area contributed by atoms with Crippen LogP contribution in [0.25, 0.3) is 0 Å². The summed E-state index contributed by atoms with van der Waals surface area (Å²) in [5.74, 6) is -1.99. The van der Waals surface area contributed by atoms with Gasteiger partial charge in [0.2, 0.25) is 5.91 Å². The normalized spacial score (nSPS) is 13.9. The van der Waals surface area contributed by atoms with Crippen LogP contribution in [-0.2, 0) is 4.79 Å². The highest BCUT2D eigenvalue weighted by Gasteiger charge is 2.23. The van der Waals surface area contributed by atoms with Crippen LogP contribution in [0.1, 0.15) is 44.7 Å². The Balaban J connectivity index is 2.77. The molecule has 1 amide bonds. The van der Waals surface area contributed by atoms with Crippen molar-refractivity contribution < 1.29 is 13.6 Å². The molecule has 5 heteroatoms. The van der Waals surface area contributed by atoms with Gasteiger partial charge in [-0.15, -0.1) is 0 Å². The zero-order valence-electron chi connectivity index (χ0n) is 12.2. The molecular formula is C15H22F2N2O. The maximum absolute atomic E-state index is 13.2. The van der Waals surface area contributed by atoms with E-state index in [-0.39, 0.29) is 11.9 Å². The summed E-state index contributed by atoms with van der Waals surface area (Å²) in [5.41, 5.74) is 6.39. The van der Waals surface area contributed by atoms with Crippen LogP contribution in [0.15, 0.2) is 18.2 Å². The number of rotatable bonds is 6. The molecule has 0 bridgehead atoms. The third-order valence-electron chi connectivity index (χ3n) is 3.54. The molecule has 112 valence electrons. The fraction of sp³-hybridized carbons (Fsp3) is 0.533. The monoisotopic (exact) mass is 284 g/mol. The average Bonchev–Trinajstić information content (AvgIpc) is 2.45. The third-order valence-corrected chi connectivity index (χ3v) is 3.54. The van der Waals surface area contributed by atoms with Crippen LogP contribution in [0.5, 0.6) is 0 Å². The second-order valence-corrected chi connectivity index (χ2v) is 5.05. The first-order valence-electron chi connectivity index (χ1n) is 6.85. The number of hydrogen-bond donors (Lipinski definition) is 1. The average molecular weight is 284 g/mol. The summed E-state index contributed by atoms with van der Waals surface area (Å²) in [4.78, 5) is 13.6. The topological polar surface area (TPSA) is 46.3 Å². The number of carbonyl (C=O) groups is 1. The molecule has 0 radical (unpaired) electrons. The lowest BCUT2D eigenvalue weighted by Gasteiger charge is -2.28. The standard InChI is InChI=1S/C15H22F2N2O/c1-4-5-6-14(18)15(20)19(3)10(2)11-7-8-12(16)13(17)9-11/h7-10,14H,4-6,18H2,1-3H3. The fourth-order valence-electron chi connectivity index (χ4n) is 2.00. The van der Waals surface area contributed by atoms with Crippen LogP contribution >= 0.6 is 0 Å². The summed E-state index contributed by atoms with van der Waals surface area (Å²) in [7, 11) is 1.63. The van der Waals surface area contributed by atoms with Crippen molar-refractivity contribution >= 4 is 5.91 Å². The summed E-state index contributed by atoms with van der Waals surface area (Å²) < 4.78 is 26.1. The van der Waals surface area contributed by atoms with Crippen molar-refractivity contribution in [1.82, 2.24) is 4.90 Å². The van der Waals surface area contributed by atoms with Crippen molar-refractivity contribution in [2.24, 2.45) is 5.73 Å². The molecule has 1 rings (SSSR count). The molecule has 1 aromatic rings. The largest absolute Gasteiger partial charge is 0.338 e. The van der Waals surface area contributed by atoms with E-state index < -0.39 is 17.7 Å². The molecular weight excluding hydrogens is 262 g/mol. The van der Waals surface area contributed by atoms with Crippen LogP contribution < -0.4 is 5.73 Å². The predicted octanol–water partition coefficient (Wildman–Crippen LogP) is 3.00. The lowest BCUT2D eigenvalue weighted by atomic mass is 10.0. The second kappa shape index (κ2) is 7.33. The molecule has 0 aliphatic carbocycles. The van der Waals surface area contributed by atoms with Gasteiger partial charge in [-0.1, -0.05) is 25.8 Å². The lowest BCUT2D eigenvalue weighted by molar-refractivity contribution is -0.133. The minimum Gasteiger partial charge on any atom is -0.338 e. The van der Waals surface area contributed by atoms with Crippen molar-refractivity contribution in [1.29, 1.82) is 0 Å². The molecule has 20 heavy (non-hydrogen) atoms. The molecule has 0 spiro atoms. The third kappa shape index (κ3) is 4.00. The van der Waals surface area contributed by atoms with E-state index in [9.17, 15) is 13.6 Å². The van der Waals surface area contributed by atoms with Gasteiger partial charge in [0.15, 0.2) is 11.6 Å². The highest BCUT2D eigenvalue weighted by Crippen LogP contribution is 2.21. The SMILES string of the molecule is CCCCC(N)C(=O)N(C)C(C)c1ccc(F)c(F)c1. The van der Waals surface area contributed by atoms with Gasteiger partial charge >= 0.3 is 0 Å². The molecule has 0 saturated heterocycles. The Labute approximate surface area is 118 Å². The number of nitrogens with two attached hydrogens (primary N) is 1. The number of hydrogen-bond acceptors (Lipinski definition) is 2. The van der Waals surface area contributed by atoms with E-state index in [1.54, 1.807) is 14.0 Å². The van der Waals surface area contributed by atoms with Crippen LogP contribution in [0.2, 0.25) is 0 Å². The summed E-state index contributed by atoms with van der Waals surface area (Å²) >= 11 is 0. The van der Waals surface area contributed by atoms with Gasteiger partial charge in [0.05, 0.1) is 12.1 Å². The van der Waals surface area contributed by atoms with Crippen LogP contribution in [0, 0.1) is 11.6 Å². The van der Waals surface area contributed by atoms with Crippen LogP contribution in [0.3, 0.4) is 0 Å². The van der Waals surface area contributed by atoms with Gasteiger partial charge in [0.25, 0.3) is 0 Å². The molecule has 0 heterocycles. The van der Waals surface area contributed by atoms with E-state index in [2.05, 4.69) is 0 Å².